The molecule has 0 N–H and O–H groups in total. The standard InChI is InChI=1S/C25H27ClN2O4S/c1-19-4-6-21(7-5-19)17-28(33(30,31)24-14-10-22(26)11-15-24)18-25(29)27(2)16-20-8-12-23(32-3)13-9-20/h4-15H,16-18H2,1-3H3. The highest BCUT2D eigenvalue weighted by Crippen LogP contribution is 2.21. The van der Waals surface area contributed by atoms with E-state index in [9.17, 15) is 13.2 Å². The molecule has 0 saturated heterocycles. The summed E-state index contributed by atoms with van der Waals surface area (Å²) in [5, 5.41) is 0.439. The highest BCUT2D eigenvalue weighted by atomic mass is 35.5. The van der Waals surface area contributed by atoms with Gasteiger partial charge in [-0.1, -0.05) is 53.6 Å². The van der Waals surface area contributed by atoms with Crippen molar-refractivity contribution in [2.24, 2.45) is 0 Å². The Hall–Kier alpha value is -2.87. The maximum absolute atomic E-state index is 13.4. The second kappa shape index (κ2) is 10.8. The Balaban J connectivity index is 1.82. The molecule has 0 spiro atoms. The molecule has 0 aromatic heterocycles. The number of carbonyl (C=O) groups is 1. The first-order chi connectivity index (χ1) is 15.7. The second-order valence-electron chi connectivity index (χ2n) is 7.81. The van der Waals surface area contributed by atoms with Crippen LogP contribution in [-0.4, -0.2) is 44.2 Å². The summed E-state index contributed by atoms with van der Waals surface area (Å²) in [5.41, 5.74) is 2.78. The van der Waals surface area contributed by atoms with E-state index in [4.69, 9.17) is 16.3 Å². The first kappa shape index (κ1) is 24.8. The molecule has 0 bridgehead atoms. The molecule has 0 unspecified atom stereocenters. The van der Waals surface area contributed by atoms with Gasteiger partial charge in [0.2, 0.25) is 15.9 Å². The lowest BCUT2D eigenvalue weighted by molar-refractivity contribution is -0.130. The number of rotatable bonds is 9. The van der Waals surface area contributed by atoms with Crippen LogP contribution in [0, 0.1) is 6.92 Å². The van der Waals surface area contributed by atoms with E-state index in [0.29, 0.717) is 11.6 Å². The largest absolute Gasteiger partial charge is 0.497 e. The number of nitrogens with zero attached hydrogens (tertiary/aromatic N) is 2. The summed E-state index contributed by atoms with van der Waals surface area (Å²) in [4.78, 5) is 14.6. The molecule has 1 amide bonds. The van der Waals surface area contributed by atoms with Gasteiger partial charge in [-0.3, -0.25) is 4.79 Å². The second-order valence-corrected chi connectivity index (χ2v) is 10.2. The van der Waals surface area contributed by atoms with E-state index in [1.165, 1.54) is 33.5 Å². The van der Waals surface area contributed by atoms with Gasteiger partial charge in [0.1, 0.15) is 5.75 Å². The maximum atomic E-state index is 13.4. The fourth-order valence-corrected chi connectivity index (χ4v) is 4.75. The summed E-state index contributed by atoms with van der Waals surface area (Å²) in [7, 11) is -0.676. The van der Waals surface area contributed by atoms with Gasteiger partial charge in [-0.05, 0) is 54.4 Å². The Morgan fingerprint density at radius 1 is 0.879 bits per heavy atom. The molecule has 3 aromatic rings. The van der Waals surface area contributed by atoms with Gasteiger partial charge in [0, 0.05) is 25.2 Å². The molecule has 174 valence electrons. The Kier molecular flexibility index (Phi) is 8.13. The average Bonchev–Trinajstić information content (AvgIpc) is 2.80. The molecule has 8 heteroatoms. The fourth-order valence-electron chi connectivity index (χ4n) is 3.24. The van der Waals surface area contributed by atoms with Crippen LogP contribution < -0.4 is 4.74 Å². The first-order valence-electron chi connectivity index (χ1n) is 10.4. The number of amides is 1. The van der Waals surface area contributed by atoms with E-state index < -0.39 is 10.0 Å². The number of ether oxygens (including phenoxy) is 1. The van der Waals surface area contributed by atoms with Gasteiger partial charge in [0.05, 0.1) is 18.6 Å². The molecule has 0 heterocycles. The van der Waals surface area contributed by atoms with Gasteiger partial charge >= 0.3 is 0 Å². The molecule has 0 atom stereocenters. The number of likely N-dealkylation sites (N-methyl/N-ethyl adjacent to an activating group) is 1. The van der Waals surface area contributed by atoms with Crippen molar-refractivity contribution in [3.05, 3.63) is 94.5 Å². The minimum Gasteiger partial charge on any atom is -0.497 e. The number of benzene rings is 3. The number of halogens is 1. The van der Waals surface area contributed by atoms with Crippen molar-refractivity contribution < 1.29 is 17.9 Å². The van der Waals surface area contributed by atoms with Crippen LogP contribution >= 0.6 is 11.6 Å². The predicted octanol–water partition coefficient (Wildman–Crippen LogP) is 4.51. The molecule has 3 rings (SSSR count). The molecule has 6 nitrogen and oxygen atoms in total. The lowest BCUT2D eigenvalue weighted by Gasteiger charge is -2.25. The molecule has 33 heavy (non-hydrogen) atoms. The van der Waals surface area contributed by atoms with Crippen LogP contribution in [0.3, 0.4) is 0 Å². The third kappa shape index (κ3) is 6.57. The molecule has 3 aromatic carbocycles. The van der Waals surface area contributed by atoms with Crippen LogP contribution in [0.5, 0.6) is 5.75 Å². The number of carbonyl (C=O) groups excluding carboxylic acids is 1. The number of methoxy groups -OCH3 is 1. The van der Waals surface area contributed by atoms with Gasteiger partial charge in [0.15, 0.2) is 0 Å². The van der Waals surface area contributed by atoms with Crippen LogP contribution in [-0.2, 0) is 27.9 Å². The molecule has 0 aliphatic rings. The van der Waals surface area contributed by atoms with Gasteiger partial charge in [0.25, 0.3) is 0 Å². The monoisotopic (exact) mass is 486 g/mol. The average molecular weight is 487 g/mol. The number of sulfonamides is 1. The Morgan fingerprint density at radius 2 is 1.42 bits per heavy atom. The topological polar surface area (TPSA) is 66.9 Å². The number of hydrogen-bond donors (Lipinski definition) is 0. The molecular weight excluding hydrogens is 460 g/mol. The van der Waals surface area contributed by atoms with E-state index in [-0.39, 0.29) is 23.9 Å². The lowest BCUT2D eigenvalue weighted by Crippen LogP contribution is -2.40. The summed E-state index contributed by atoms with van der Waals surface area (Å²) in [6, 6.07) is 20.9. The highest BCUT2D eigenvalue weighted by molar-refractivity contribution is 7.89. The van der Waals surface area contributed by atoms with E-state index >= 15 is 0 Å². The molecule has 0 aliphatic carbocycles. The number of aryl methyl sites for hydroxylation is 1. The van der Waals surface area contributed by atoms with Crippen LogP contribution in [0.15, 0.2) is 77.7 Å². The lowest BCUT2D eigenvalue weighted by atomic mass is 10.1. The van der Waals surface area contributed by atoms with Crippen LogP contribution in [0.1, 0.15) is 16.7 Å². The molecule has 0 radical (unpaired) electrons. The molecular formula is C25H27ClN2O4S. The fraction of sp³-hybridized carbons (Fsp3) is 0.240. The van der Waals surface area contributed by atoms with Crippen molar-refractivity contribution >= 4 is 27.5 Å². The smallest absolute Gasteiger partial charge is 0.243 e. The van der Waals surface area contributed by atoms with Crippen LogP contribution in [0.25, 0.3) is 0 Å². The van der Waals surface area contributed by atoms with Crippen molar-refractivity contribution in [3.63, 3.8) is 0 Å². The van der Waals surface area contributed by atoms with E-state index in [0.717, 1.165) is 22.4 Å². The summed E-state index contributed by atoms with van der Waals surface area (Å²) >= 11 is 5.93. The van der Waals surface area contributed by atoms with Crippen molar-refractivity contribution in [1.82, 2.24) is 9.21 Å². The number of hydrogen-bond acceptors (Lipinski definition) is 4. The minimum atomic E-state index is -3.93. The highest BCUT2D eigenvalue weighted by Gasteiger charge is 2.28. The third-order valence-electron chi connectivity index (χ3n) is 5.25. The quantitative estimate of drug-likeness (QED) is 0.446. The Morgan fingerprint density at radius 3 is 2.00 bits per heavy atom. The summed E-state index contributed by atoms with van der Waals surface area (Å²) in [6.45, 7) is 2.10. The van der Waals surface area contributed by atoms with Crippen LogP contribution in [0.2, 0.25) is 5.02 Å². The molecule has 0 saturated carbocycles. The summed E-state index contributed by atoms with van der Waals surface area (Å²) < 4.78 is 33.2. The summed E-state index contributed by atoms with van der Waals surface area (Å²) in [6.07, 6.45) is 0. The van der Waals surface area contributed by atoms with Crippen molar-refractivity contribution in [2.75, 3.05) is 20.7 Å². The van der Waals surface area contributed by atoms with Crippen molar-refractivity contribution in [2.45, 2.75) is 24.9 Å². The van der Waals surface area contributed by atoms with Gasteiger partial charge in [-0.2, -0.15) is 4.31 Å². The van der Waals surface area contributed by atoms with Gasteiger partial charge in [-0.25, -0.2) is 8.42 Å². The van der Waals surface area contributed by atoms with Crippen LogP contribution in [0.4, 0.5) is 0 Å². The first-order valence-corrected chi connectivity index (χ1v) is 12.2. The van der Waals surface area contributed by atoms with E-state index in [1.54, 1.807) is 14.2 Å². The predicted molar refractivity (Wildman–Crippen MR) is 130 cm³/mol. The third-order valence-corrected chi connectivity index (χ3v) is 7.31. The maximum Gasteiger partial charge on any atom is 0.243 e. The normalized spacial score (nSPS) is 11.4. The van der Waals surface area contributed by atoms with Crippen molar-refractivity contribution in [1.29, 1.82) is 0 Å². The zero-order chi connectivity index (χ0) is 24.0. The van der Waals surface area contributed by atoms with E-state index in [1.807, 2.05) is 55.5 Å². The SMILES string of the molecule is COc1ccc(CN(C)C(=O)CN(Cc2ccc(C)cc2)S(=O)(=O)c2ccc(Cl)cc2)cc1. The van der Waals surface area contributed by atoms with E-state index in [2.05, 4.69) is 0 Å². The van der Waals surface area contributed by atoms with Gasteiger partial charge < -0.3 is 9.64 Å². The Labute approximate surface area is 200 Å². The minimum absolute atomic E-state index is 0.0767. The zero-order valence-electron chi connectivity index (χ0n) is 18.9. The Bertz CT molecular complexity index is 1180. The molecule has 0 fully saturated rings. The van der Waals surface area contributed by atoms with Crippen molar-refractivity contribution in [3.8, 4) is 5.75 Å². The summed E-state index contributed by atoms with van der Waals surface area (Å²) in [5.74, 6) is 0.418. The van der Waals surface area contributed by atoms with Gasteiger partial charge in [-0.15, -0.1) is 0 Å². The zero-order valence-corrected chi connectivity index (χ0v) is 20.4. The molecule has 0 aliphatic heterocycles.